The number of halogens is 1. The van der Waals surface area contributed by atoms with Crippen LogP contribution in [0.4, 0.5) is 0 Å². The summed E-state index contributed by atoms with van der Waals surface area (Å²) >= 11 is 5.43. The fraction of sp³-hybridized carbons (Fsp3) is 0.300. The van der Waals surface area contributed by atoms with Crippen molar-refractivity contribution in [2.75, 3.05) is 19.8 Å². The number of ether oxygens (including phenoxy) is 2. The van der Waals surface area contributed by atoms with Crippen LogP contribution < -0.4 is 4.74 Å². The Labute approximate surface area is 88.0 Å². The molecule has 0 radical (unpaired) electrons. The van der Waals surface area contributed by atoms with Gasteiger partial charge in [-0.15, -0.1) is 11.6 Å². The van der Waals surface area contributed by atoms with E-state index < -0.39 is 0 Å². The number of nitrogens with zero attached hydrogens (tertiary/aromatic N) is 1. The van der Waals surface area contributed by atoms with Crippen molar-refractivity contribution in [1.29, 1.82) is 0 Å². The van der Waals surface area contributed by atoms with Crippen molar-refractivity contribution in [2.24, 2.45) is 0 Å². The topological polar surface area (TPSA) is 31.4 Å². The molecule has 14 heavy (non-hydrogen) atoms. The third-order valence-electron chi connectivity index (χ3n) is 1.36. The molecule has 1 heterocycles. The lowest BCUT2D eigenvalue weighted by Crippen LogP contribution is -1.99. The normalized spacial score (nSPS) is 9.00. The van der Waals surface area contributed by atoms with E-state index in [1.807, 2.05) is 0 Å². The maximum absolute atomic E-state index is 5.43. The van der Waals surface area contributed by atoms with Crippen molar-refractivity contribution >= 4 is 11.6 Å². The van der Waals surface area contributed by atoms with Gasteiger partial charge in [-0.25, -0.2) is 0 Å². The maximum Gasteiger partial charge on any atom is 0.188 e. The molecule has 0 atom stereocenters. The lowest BCUT2D eigenvalue weighted by molar-refractivity contribution is 0.0508. The highest BCUT2D eigenvalue weighted by Crippen LogP contribution is 2.09. The minimum Gasteiger partial charge on any atom is -0.466 e. The monoisotopic (exact) mass is 211 g/mol. The Bertz CT molecular complexity index is 343. The second-order valence-corrected chi connectivity index (χ2v) is 2.66. The van der Waals surface area contributed by atoms with Crippen LogP contribution in [0.2, 0.25) is 0 Å². The largest absolute Gasteiger partial charge is 0.466 e. The molecule has 1 aromatic rings. The van der Waals surface area contributed by atoms with Crippen LogP contribution in [0.15, 0.2) is 18.5 Å². The Morgan fingerprint density at radius 2 is 2.36 bits per heavy atom. The maximum atomic E-state index is 5.43. The summed E-state index contributed by atoms with van der Waals surface area (Å²) in [6.45, 7) is 0.202. The van der Waals surface area contributed by atoms with Crippen molar-refractivity contribution < 1.29 is 9.47 Å². The standard InChI is InChI=1S/C10H10ClNO2/c1-13-8-14-10-5-9(3-2-4-11)6-12-7-10/h5-7H,4,8H2,1H3. The first-order valence-corrected chi connectivity index (χ1v) is 4.52. The van der Waals surface area contributed by atoms with Crippen LogP contribution in [0.1, 0.15) is 5.56 Å². The van der Waals surface area contributed by atoms with Gasteiger partial charge in [-0.05, 0) is 6.07 Å². The Kier molecular flexibility index (Phi) is 4.84. The van der Waals surface area contributed by atoms with Gasteiger partial charge in [0.15, 0.2) is 6.79 Å². The van der Waals surface area contributed by atoms with Crippen LogP contribution in [0.25, 0.3) is 0 Å². The predicted octanol–water partition coefficient (Wildman–Crippen LogP) is 1.65. The number of methoxy groups -OCH3 is 1. The number of pyridine rings is 1. The van der Waals surface area contributed by atoms with E-state index in [-0.39, 0.29) is 6.79 Å². The summed E-state index contributed by atoms with van der Waals surface area (Å²) in [6, 6.07) is 1.78. The van der Waals surface area contributed by atoms with E-state index in [0.29, 0.717) is 11.6 Å². The van der Waals surface area contributed by atoms with Crippen LogP contribution in [-0.2, 0) is 4.74 Å². The Balaban J connectivity index is 2.68. The Morgan fingerprint density at radius 3 is 3.07 bits per heavy atom. The van der Waals surface area contributed by atoms with Crippen LogP contribution in [-0.4, -0.2) is 24.8 Å². The molecule has 0 saturated heterocycles. The molecule has 0 bridgehead atoms. The molecule has 0 aromatic carbocycles. The van der Waals surface area contributed by atoms with Crippen molar-refractivity contribution in [3.63, 3.8) is 0 Å². The molecule has 0 aliphatic rings. The molecular formula is C10H10ClNO2. The van der Waals surface area contributed by atoms with Gasteiger partial charge in [-0.1, -0.05) is 11.8 Å². The molecule has 74 valence electrons. The van der Waals surface area contributed by atoms with Crippen LogP contribution >= 0.6 is 11.6 Å². The Hall–Kier alpha value is -1.24. The molecule has 0 saturated carbocycles. The molecule has 0 aliphatic carbocycles. The third kappa shape index (κ3) is 3.65. The molecule has 4 heteroatoms. The zero-order valence-corrected chi connectivity index (χ0v) is 8.54. The quantitative estimate of drug-likeness (QED) is 0.433. The summed E-state index contributed by atoms with van der Waals surface area (Å²) in [5.74, 6) is 6.52. The highest BCUT2D eigenvalue weighted by Gasteiger charge is 1.94. The Morgan fingerprint density at radius 1 is 1.50 bits per heavy atom. The van der Waals surface area contributed by atoms with Gasteiger partial charge < -0.3 is 9.47 Å². The third-order valence-corrected chi connectivity index (χ3v) is 1.49. The van der Waals surface area contributed by atoms with Crippen molar-refractivity contribution in [3.8, 4) is 17.6 Å². The van der Waals surface area contributed by atoms with E-state index >= 15 is 0 Å². The van der Waals surface area contributed by atoms with Crippen LogP contribution in [0.3, 0.4) is 0 Å². The van der Waals surface area contributed by atoms with Gasteiger partial charge in [0.25, 0.3) is 0 Å². The number of aromatic nitrogens is 1. The van der Waals surface area contributed by atoms with E-state index in [1.54, 1.807) is 25.6 Å². The molecular weight excluding hydrogens is 202 g/mol. The molecule has 0 fully saturated rings. The summed E-state index contributed by atoms with van der Waals surface area (Å²) in [5, 5.41) is 0. The number of hydrogen-bond acceptors (Lipinski definition) is 3. The molecule has 3 nitrogen and oxygen atoms in total. The van der Waals surface area contributed by atoms with Crippen molar-refractivity contribution in [3.05, 3.63) is 24.0 Å². The number of hydrogen-bond donors (Lipinski definition) is 0. The van der Waals surface area contributed by atoms with Gasteiger partial charge in [0.1, 0.15) is 5.75 Å². The van der Waals surface area contributed by atoms with E-state index in [0.717, 1.165) is 5.56 Å². The van der Waals surface area contributed by atoms with Crippen molar-refractivity contribution in [2.45, 2.75) is 0 Å². The smallest absolute Gasteiger partial charge is 0.188 e. The molecule has 1 rings (SSSR count). The first kappa shape index (κ1) is 10.8. The molecule has 0 unspecified atom stereocenters. The highest BCUT2D eigenvalue weighted by molar-refractivity contribution is 6.19. The van der Waals surface area contributed by atoms with Gasteiger partial charge in [0.2, 0.25) is 0 Å². The summed E-state index contributed by atoms with van der Waals surface area (Å²) < 4.78 is 9.95. The van der Waals surface area contributed by atoms with E-state index in [2.05, 4.69) is 16.8 Å². The summed E-state index contributed by atoms with van der Waals surface area (Å²) in [7, 11) is 1.56. The number of alkyl halides is 1. The second kappa shape index (κ2) is 6.25. The van der Waals surface area contributed by atoms with E-state index in [1.165, 1.54) is 0 Å². The lowest BCUT2D eigenvalue weighted by Gasteiger charge is -2.03. The minimum atomic E-state index is 0.202. The molecule has 0 aliphatic heterocycles. The zero-order chi connectivity index (χ0) is 10.2. The molecule has 0 N–H and O–H groups in total. The molecule has 0 amide bonds. The average molecular weight is 212 g/mol. The van der Waals surface area contributed by atoms with Gasteiger partial charge in [0.05, 0.1) is 12.1 Å². The van der Waals surface area contributed by atoms with E-state index in [4.69, 9.17) is 21.1 Å². The minimum absolute atomic E-state index is 0.202. The fourth-order valence-corrected chi connectivity index (χ4v) is 0.895. The lowest BCUT2D eigenvalue weighted by atomic mass is 10.3. The van der Waals surface area contributed by atoms with Gasteiger partial charge >= 0.3 is 0 Å². The highest BCUT2D eigenvalue weighted by atomic mass is 35.5. The summed E-state index contributed by atoms with van der Waals surface area (Å²) in [4.78, 5) is 3.96. The van der Waals surface area contributed by atoms with Gasteiger partial charge in [-0.3, -0.25) is 4.98 Å². The first-order chi connectivity index (χ1) is 6.86. The number of rotatable bonds is 3. The first-order valence-electron chi connectivity index (χ1n) is 3.98. The predicted molar refractivity (Wildman–Crippen MR) is 54.3 cm³/mol. The van der Waals surface area contributed by atoms with Crippen LogP contribution in [0, 0.1) is 11.8 Å². The molecule has 0 spiro atoms. The van der Waals surface area contributed by atoms with Crippen LogP contribution in [0.5, 0.6) is 5.75 Å². The summed E-state index contributed by atoms with van der Waals surface area (Å²) in [6.07, 6.45) is 3.25. The second-order valence-electron chi connectivity index (χ2n) is 2.40. The summed E-state index contributed by atoms with van der Waals surface area (Å²) in [5.41, 5.74) is 0.777. The average Bonchev–Trinajstić information content (AvgIpc) is 2.24. The SMILES string of the molecule is COCOc1cncc(C#CCCl)c1. The van der Waals surface area contributed by atoms with Gasteiger partial charge in [-0.2, -0.15) is 0 Å². The van der Waals surface area contributed by atoms with Crippen molar-refractivity contribution in [1.82, 2.24) is 4.98 Å². The van der Waals surface area contributed by atoms with Gasteiger partial charge in [0, 0.05) is 18.9 Å². The zero-order valence-electron chi connectivity index (χ0n) is 7.79. The van der Waals surface area contributed by atoms with E-state index in [9.17, 15) is 0 Å². The fourth-order valence-electron chi connectivity index (χ4n) is 0.829. The molecule has 1 aromatic heterocycles.